The van der Waals surface area contributed by atoms with Gasteiger partial charge in [0.2, 0.25) is 0 Å². The molecule has 3 aromatic rings. The highest BCUT2D eigenvalue weighted by Crippen LogP contribution is 2.38. The van der Waals surface area contributed by atoms with Gasteiger partial charge in [-0.2, -0.15) is 5.10 Å². The fourth-order valence-electron chi connectivity index (χ4n) is 3.28. The summed E-state index contributed by atoms with van der Waals surface area (Å²) in [5.41, 5.74) is 4.82. The zero-order valence-electron chi connectivity index (χ0n) is 13.4. The fourth-order valence-corrected chi connectivity index (χ4v) is 3.28. The van der Waals surface area contributed by atoms with Gasteiger partial charge in [-0.1, -0.05) is 6.42 Å². The zero-order valence-corrected chi connectivity index (χ0v) is 13.4. The molecular weight excluding hydrogens is 288 g/mol. The van der Waals surface area contributed by atoms with Gasteiger partial charge in [-0.25, -0.2) is 0 Å². The number of nitrogens with zero attached hydrogens (tertiary/aromatic N) is 2. The van der Waals surface area contributed by atoms with E-state index in [4.69, 9.17) is 0 Å². The van der Waals surface area contributed by atoms with Crippen molar-refractivity contribution in [2.45, 2.75) is 32.1 Å². The lowest BCUT2D eigenvalue weighted by Crippen LogP contribution is -2.20. The molecule has 0 unspecified atom stereocenters. The van der Waals surface area contributed by atoms with Crippen LogP contribution in [-0.4, -0.2) is 20.7 Å². The first-order valence-corrected chi connectivity index (χ1v) is 8.04. The van der Waals surface area contributed by atoms with Crippen LogP contribution in [0.4, 0.5) is 5.69 Å². The van der Waals surface area contributed by atoms with Crippen LogP contribution in [0.3, 0.4) is 0 Å². The molecule has 23 heavy (non-hydrogen) atoms. The van der Waals surface area contributed by atoms with E-state index in [0.717, 1.165) is 35.0 Å². The molecule has 2 aromatic heterocycles. The first-order chi connectivity index (χ1) is 11.1. The summed E-state index contributed by atoms with van der Waals surface area (Å²) in [7, 11) is 1.83. The van der Waals surface area contributed by atoms with Crippen LogP contribution in [0, 0.1) is 6.92 Å². The molecule has 5 heteroatoms. The summed E-state index contributed by atoms with van der Waals surface area (Å²) in [5.74, 6) is 0.401. The molecule has 118 valence electrons. The number of benzene rings is 1. The summed E-state index contributed by atoms with van der Waals surface area (Å²) in [6.45, 7) is 2.06. The Bertz CT molecular complexity index is 886. The van der Waals surface area contributed by atoms with E-state index in [1.165, 1.54) is 12.0 Å². The highest BCUT2D eigenvalue weighted by atomic mass is 16.2. The molecule has 0 atom stereocenters. The van der Waals surface area contributed by atoms with E-state index in [9.17, 15) is 4.79 Å². The van der Waals surface area contributed by atoms with Crippen LogP contribution in [0.25, 0.3) is 10.9 Å². The minimum atomic E-state index is -0.0839. The van der Waals surface area contributed by atoms with E-state index >= 15 is 0 Å². The van der Waals surface area contributed by atoms with Crippen molar-refractivity contribution in [3.05, 3.63) is 47.4 Å². The van der Waals surface area contributed by atoms with Gasteiger partial charge in [-0.3, -0.25) is 9.48 Å². The normalized spacial score (nSPS) is 14.9. The molecule has 1 fully saturated rings. The number of anilines is 1. The van der Waals surface area contributed by atoms with Crippen molar-refractivity contribution in [3.63, 3.8) is 0 Å². The van der Waals surface area contributed by atoms with Crippen LogP contribution < -0.4 is 5.32 Å². The van der Waals surface area contributed by atoms with E-state index in [-0.39, 0.29) is 5.91 Å². The Morgan fingerprint density at radius 2 is 2.22 bits per heavy atom. The summed E-state index contributed by atoms with van der Waals surface area (Å²) in [6, 6.07) is 5.93. The lowest BCUT2D eigenvalue weighted by molar-refractivity contribution is 0.101. The summed E-state index contributed by atoms with van der Waals surface area (Å²) in [6.07, 6.45) is 7.37. The van der Waals surface area contributed by atoms with E-state index in [2.05, 4.69) is 22.3 Å². The molecule has 1 saturated carbocycles. The number of aryl methyl sites for hydroxylation is 2. The number of hydrogen-bond acceptors (Lipinski definition) is 2. The van der Waals surface area contributed by atoms with Gasteiger partial charge in [-0.15, -0.1) is 0 Å². The molecule has 1 aromatic carbocycles. The van der Waals surface area contributed by atoms with Crippen molar-refractivity contribution in [3.8, 4) is 0 Å². The maximum absolute atomic E-state index is 12.7. The molecule has 2 heterocycles. The van der Waals surface area contributed by atoms with Gasteiger partial charge < -0.3 is 10.3 Å². The predicted molar refractivity (Wildman–Crippen MR) is 90.8 cm³/mol. The third-order valence-electron chi connectivity index (χ3n) is 4.87. The van der Waals surface area contributed by atoms with Gasteiger partial charge in [0, 0.05) is 35.4 Å². The van der Waals surface area contributed by atoms with Gasteiger partial charge >= 0.3 is 0 Å². The fraction of sp³-hybridized carbons (Fsp3) is 0.333. The monoisotopic (exact) mass is 308 g/mol. The number of nitrogens with one attached hydrogen (secondary N) is 2. The first-order valence-electron chi connectivity index (χ1n) is 8.04. The standard InChI is InChI=1S/C18H20N4O/c1-11-9-19-16-7-6-13(8-14(11)16)21-18(23)17-15(10-20-22(17)2)12-4-3-5-12/h6-10,12,19H,3-5H2,1-2H3,(H,21,23). The van der Waals surface area contributed by atoms with Gasteiger partial charge in [-0.05, 0) is 49.4 Å². The Hall–Kier alpha value is -2.56. The topological polar surface area (TPSA) is 62.7 Å². The smallest absolute Gasteiger partial charge is 0.274 e. The second-order valence-electron chi connectivity index (χ2n) is 6.39. The van der Waals surface area contributed by atoms with Crippen molar-refractivity contribution < 1.29 is 4.79 Å². The van der Waals surface area contributed by atoms with Gasteiger partial charge in [0.1, 0.15) is 5.69 Å². The lowest BCUT2D eigenvalue weighted by Gasteiger charge is -2.25. The number of amides is 1. The lowest BCUT2D eigenvalue weighted by atomic mass is 9.80. The van der Waals surface area contributed by atoms with Crippen molar-refractivity contribution in [1.29, 1.82) is 0 Å². The highest BCUT2D eigenvalue weighted by molar-refractivity contribution is 6.05. The average Bonchev–Trinajstić information content (AvgIpc) is 3.02. The SMILES string of the molecule is Cc1c[nH]c2ccc(NC(=O)c3c(C4CCC4)cnn3C)cc12. The van der Waals surface area contributed by atoms with Crippen LogP contribution in [-0.2, 0) is 7.05 Å². The number of fused-ring (bicyclic) bond motifs is 1. The van der Waals surface area contributed by atoms with Gasteiger partial charge in [0.15, 0.2) is 0 Å². The molecule has 0 radical (unpaired) electrons. The van der Waals surface area contributed by atoms with Crippen molar-refractivity contribution in [2.24, 2.45) is 7.05 Å². The highest BCUT2D eigenvalue weighted by Gasteiger charge is 2.27. The van der Waals surface area contributed by atoms with Crippen molar-refractivity contribution in [1.82, 2.24) is 14.8 Å². The first kappa shape index (κ1) is 14.1. The van der Waals surface area contributed by atoms with Crippen LogP contribution >= 0.6 is 0 Å². The van der Waals surface area contributed by atoms with E-state index in [0.29, 0.717) is 11.6 Å². The van der Waals surface area contributed by atoms with Gasteiger partial charge in [0.25, 0.3) is 5.91 Å². The van der Waals surface area contributed by atoms with E-state index in [1.807, 2.05) is 37.6 Å². The number of H-pyrrole nitrogens is 1. The molecule has 1 amide bonds. The van der Waals surface area contributed by atoms with E-state index in [1.54, 1.807) is 4.68 Å². The average molecular weight is 308 g/mol. The Balaban J connectivity index is 1.64. The number of aromatic amines is 1. The zero-order chi connectivity index (χ0) is 16.0. The summed E-state index contributed by atoms with van der Waals surface area (Å²) in [4.78, 5) is 16.0. The summed E-state index contributed by atoms with van der Waals surface area (Å²) >= 11 is 0. The molecule has 4 rings (SSSR count). The quantitative estimate of drug-likeness (QED) is 0.774. The molecule has 1 aliphatic rings. The van der Waals surface area contributed by atoms with Crippen LogP contribution in [0.15, 0.2) is 30.6 Å². The van der Waals surface area contributed by atoms with Crippen LogP contribution in [0.2, 0.25) is 0 Å². The number of rotatable bonds is 3. The third-order valence-corrected chi connectivity index (χ3v) is 4.87. The molecule has 0 bridgehead atoms. The Morgan fingerprint density at radius 1 is 1.39 bits per heavy atom. The van der Waals surface area contributed by atoms with E-state index < -0.39 is 0 Å². The largest absolute Gasteiger partial charge is 0.361 e. The number of aromatic nitrogens is 3. The number of hydrogen-bond donors (Lipinski definition) is 2. The summed E-state index contributed by atoms with van der Waals surface area (Å²) < 4.78 is 1.68. The molecule has 2 N–H and O–H groups in total. The van der Waals surface area contributed by atoms with Gasteiger partial charge in [0.05, 0.1) is 6.20 Å². The molecule has 0 saturated heterocycles. The molecule has 0 spiro atoms. The Morgan fingerprint density at radius 3 is 2.96 bits per heavy atom. The Labute approximate surface area is 134 Å². The van der Waals surface area contributed by atoms with Crippen molar-refractivity contribution in [2.75, 3.05) is 5.32 Å². The molecule has 5 nitrogen and oxygen atoms in total. The minimum absolute atomic E-state index is 0.0839. The number of carbonyl (C=O) groups excluding carboxylic acids is 1. The maximum atomic E-state index is 12.7. The second-order valence-corrected chi connectivity index (χ2v) is 6.39. The second kappa shape index (κ2) is 5.26. The minimum Gasteiger partial charge on any atom is -0.361 e. The maximum Gasteiger partial charge on any atom is 0.274 e. The Kier molecular flexibility index (Phi) is 3.22. The summed E-state index contributed by atoms with van der Waals surface area (Å²) in [5, 5.41) is 8.44. The molecule has 1 aliphatic carbocycles. The predicted octanol–water partition coefficient (Wildman–Crippen LogP) is 3.73. The molecular formula is C18H20N4O. The third kappa shape index (κ3) is 2.32. The van der Waals surface area contributed by atoms with Crippen LogP contribution in [0.5, 0.6) is 0 Å². The van der Waals surface area contributed by atoms with Crippen molar-refractivity contribution >= 4 is 22.5 Å². The molecule has 0 aliphatic heterocycles. The number of carbonyl (C=O) groups is 1. The van der Waals surface area contributed by atoms with Crippen LogP contribution in [0.1, 0.15) is 46.8 Å².